The summed E-state index contributed by atoms with van der Waals surface area (Å²) in [5.41, 5.74) is 1.11. The Bertz CT molecular complexity index is 1000. The fraction of sp³-hybridized carbons (Fsp3) is 0.333. The molecule has 2 aromatic carbocycles. The van der Waals surface area contributed by atoms with Crippen LogP contribution in [0.2, 0.25) is 5.02 Å². The van der Waals surface area contributed by atoms with E-state index in [2.05, 4.69) is 4.90 Å². The van der Waals surface area contributed by atoms with E-state index >= 15 is 0 Å². The molecule has 6 nitrogen and oxygen atoms in total. The molecule has 160 valence electrons. The smallest absolute Gasteiger partial charge is 0.316 e. The highest BCUT2D eigenvalue weighted by Crippen LogP contribution is 2.28. The topological polar surface area (TPSA) is 77.9 Å². The number of carbonyl (C=O) groups is 2. The molecule has 1 N–H and O–H groups in total. The fourth-order valence-electron chi connectivity index (χ4n) is 3.62. The van der Waals surface area contributed by atoms with Crippen LogP contribution in [0.15, 0.2) is 47.4 Å². The van der Waals surface area contributed by atoms with Crippen molar-refractivity contribution < 1.29 is 23.3 Å². The van der Waals surface area contributed by atoms with Gasteiger partial charge in [-0.2, -0.15) is 0 Å². The number of nitrogens with zero attached hydrogens (tertiary/aromatic N) is 2. The van der Waals surface area contributed by atoms with Crippen LogP contribution >= 0.6 is 11.6 Å². The third kappa shape index (κ3) is 4.65. The zero-order chi connectivity index (χ0) is 22.0. The van der Waals surface area contributed by atoms with Gasteiger partial charge in [-0.15, -0.1) is 0 Å². The summed E-state index contributed by atoms with van der Waals surface area (Å²) >= 11 is 6.10. The first-order valence-electron chi connectivity index (χ1n) is 9.42. The zero-order valence-electron chi connectivity index (χ0n) is 16.5. The van der Waals surface area contributed by atoms with Crippen LogP contribution in [-0.2, 0) is 15.6 Å². The van der Waals surface area contributed by atoms with E-state index in [1.54, 1.807) is 11.0 Å². The van der Waals surface area contributed by atoms with Gasteiger partial charge in [-0.05, 0) is 50.2 Å². The van der Waals surface area contributed by atoms with Crippen LogP contribution in [0, 0.1) is 5.82 Å². The van der Waals surface area contributed by atoms with E-state index in [0.717, 1.165) is 11.8 Å². The van der Waals surface area contributed by atoms with Crippen molar-refractivity contribution in [2.75, 3.05) is 23.7 Å². The van der Waals surface area contributed by atoms with Gasteiger partial charge in [0.15, 0.2) is 0 Å². The molecule has 3 atom stereocenters. The van der Waals surface area contributed by atoms with Crippen LogP contribution in [0.4, 0.5) is 10.1 Å². The van der Waals surface area contributed by atoms with Crippen molar-refractivity contribution >= 4 is 40.0 Å². The van der Waals surface area contributed by atoms with Gasteiger partial charge in [0.05, 0.1) is 15.7 Å². The summed E-state index contributed by atoms with van der Waals surface area (Å²) in [5.74, 6) is -3.15. The van der Waals surface area contributed by atoms with Gasteiger partial charge in [0, 0.05) is 41.4 Å². The molecule has 0 bridgehead atoms. The number of carbonyl (C=O) groups excluding carboxylic acids is 1. The Morgan fingerprint density at radius 1 is 1.17 bits per heavy atom. The van der Waals surface area contributed by atoms with Crippen molar-refractivity contribution in [3.8, 4) is 0 Å². The van der Waals surface area contributed by atoms with E-state index in [4.69, 9.17) is 16.7 Å². The van der Waals surface area contributed by atoms with Crippen LogP contribution < -0.4 is 4.90 Å². The molecule has 9 heteroatoms. The van der Waals surface area contributed by atoms with Crippen LogP contribution in [0.1, 0.15) is 24.2 Å². The van der Waals surface area contributed by atoms with Crippen molar-refractivity contribution in [2.45, 2.75) is 30.8 Å². The highest BCUT2D eigenvalue weighted by atomic mass is 35.5. The summed E-state index contributed by atoms with van der Waals surface area (Å²) in [6.45, 7) is 5.00. The minimum atomic E-state index is -2.01. The maximum absolute atomic E-state index is 14.4. The second-order valence-corrected chi connectivity index (χ2v) is 9.04. The van der Waals surface area contributed by atoms with Gasteiger partial charge in [0.1, 0.15) is 11.6 Å². The summed E-state index contributed by atoms with van der Waals surface area (Å²) in [5, 5.41) is 9.37. The zero-order valence-corrected chi connectivity index (χ0v) is 18.1. The molecule has 0 radical (unpaired) electrons. The number of carboxylic acid groups (broad SMARTS) is 1. The third-order valence-corrected chi connectivity index (χ3v) is 6.91. The Morgan fingerprint density at radius 3 is 2.53 bits per heavy atom. The molecule has 1 saturated heterocycles. The number of anilines is 1. The summed E-state index contributed by atoms with van der Waals surface area (Å²) in [7, 11) is -2.01. The monoisotopic (exact) mass is 452 g/mol. The molecule has 1 heterocycles. The van der Waals surface area contributed by atoms with Crippen LogP contribution in [-0.4, -0.2) is 57.0 Å². The number of rotatable bonds is 5. The molecular formula is C21H22ClFN2O4S. The Morgan fingerprint density at radius 2 is 1.90 bits per heavy atom. The van der Waals surface area contributed by atoms with E-state index in [-0.39, 0.29) is 28.4 Å². The molecule has 0 saturated carbocycles. The average molecular weight is 453 g/mol. The van der Waals surface area contributed by atoms with Crippen LogP contribution in [0.3, 0.4) is 0 Å². The fourth-order valence-corrected chi connectivity index (χ4v) is 4.68. The number of benzene rings is 2. The maximum atomic E-state index is 14.4. The quantitative estimate of drug-likeness (QED) is 0.752. The summed E-state index contributed by atoms with van der Waals surface area (Å²) < 4.78 is 26.3. The molecule has 30 heavy (non-hydrogen) atoms. The molecule has 1 fully saturated rings. The number of aliphatic carboxylic acids is 1. The van der Waals surface area contributed by atoms with Gasteiger partial charge in [0.2, 0.25) is 0 Å². The minimum Gasteiger partial charge on any atom is -0.481 e. The highest BCUT2D eigenvalue weighted by molar-refractivity contribution is 7.85. The number of hydrogen-bond donors (Lipinski definition) is 1. The molecule has 1 aliphatic rings. The lowest BCUT2D eigenvalue weighted by Crippen LogP contribution is -2.59. The molecule has 1 amide bonds. The Balaban J connectivity index is 1.77. The van der Waals surface area contributed by atoms with Gasteiger partial charge >= 0.3 is 5.97 Å². The van der Waals surface area contributed by atoms with Crippen LogP contribution in [0.5, 0.6) is 0 Å². The van der Waals surface area contributed by atoms with Crippen molar-refractivity contribution in [3.63, 3.8) is 0 Å². The molecular weight excluding hydrogens is 431 g/mol. The molecule has 0 spiro atoms. The number of hydrogen-bond acceptors (Lipinski definition) is 4. The molecule has 3 rings (SSSR count). The van der Waals surface area contributed by atoms with E-state index in [9.17, 15) is 18.2 Å². The van der Waals surface area contributed by atoms with E-state index in [0.29, 0.717) is 18.1 Å². The standard InChI is InChI=1S/C21H22ClFN2O4S/c1-13-14(2)25(9-8-24(13)17-5-3-4-16(22)11-17)21(28)15-6-7-19(18(23)10-15)30(29)12-20(26)27/h3-7,10-11,13-14H,8-9,12H2,1-2H3,(H,26,27). The molecule has 0 aliphatic carbocycles. The van der Waals surface area contributed by atoms with Gasteiger partial charge < -0.3 is 14.9 Å². The van der Waals surface area contributed by atoms with Gasteiger partial charge in [-0.3, -0.25) is 13.8 Å². The maximum Gasteiger partial charge on any atom is 0.316 e. The third-order valence-electron chi connectivity index (χ3n) is 5.34. The van der Waals surface area contributed by atoms with Crippen molar-refractivity contribution in [1.82, 2.24) is 4.90 Å². The van der Waals surface area contributed by atoms with E-state index in [1.165, 1.54) is 12.1 Å². The lowest BCUT2D eigenvalue weighted by atomic mass is 10.0. The molecule has 1 aliphatic heterocycles. The van der Waals surface area contributed by atoms with E-state index < -0.39 is 28.3 Å². The Labute approximate surface area is 181 Å². The first-order valence-corrected chi connectivity index (χ1v) is 11.1. The van der Waals surface area contributed by atoms with Crippen molar-refractivity contribution in [3.05, 3.63) is 58.9 Å². The predicted octanol–water partition coefficient (Wildman–Crippen LogP) is 3.41. The molecule has 0 aromatic heterocycles. The average Bonchev–Trinajstić information content (AvgIpc) is 2.68. The first-order chi connectivity index (χ1) is 14.2. The van der Waals surface area contributed by atoms with Crippen LogP contribution in [0.25, 0.3) is 0 Å². The number of piperazine rings is 1. The largest absolute Gasteiger partial charge is 0.481 e. The van der Waals surface area contributed by atoms with Gasteiger partial charge in [-0.1, -0.05) is 17.7 Å². The van der Waals surface area contributed by atoms with Crippen molar-refractivity contribution in [2.24, 2.45) is 0 Å². The van der Waals surface area contributed by atoms with E-state index in [1.807, 2.05) is 32.0 Å². The summed E-state index contributed by atoms with van der Waals surface area (Å²) in [6.07, 6.45) is 0. The second-order valence-electron chi connectivity index (χ2n) is 7.18. The second kappa shape index (κ2) is 9.14. The predicted molar refractivity (Wildman–Crippen MR) is 114 cm³/mol. The van der Waals surface area contributed by atoms with Gasteiger partial charge in [0.25, 0.3) is 5.91 Å². The highest BCUT2D eigenvalue weighted by Gasteiger charge is 2.34. The van der Waals surface area contributed by atoms with Crippen molar-refractivity contribution in [1.29, 1.82) is 0 Å². The normalized spacial score (nSPS) is 20.1. The SMILES string of the molecule is CC1C(C)N(c2cccc(Cl)c2)CCN1C(=O)c1ccc(S(=O)CC(=O)O)c(F)c1. The lowest BCUT2D eigenvalue weighted by molar-refractivity contribution is -0.133. The number of carboxylic acids is 1. The molecule has 3 unspecified atom stereocenters. The summed E-state index contributed by atoms with van der Waals surface area (Å²) in [4.78, 5) is 27.4. The number of amides is 1. The Hall–Kier alpha value is -2.45. The lowest BCUT2D eigenvalue weighted by Gasteiger charge is -2.46. The van der Waals surface area contributed by atoms with Gasteiger partial charge in [-0.25, -0.2) is 4.39 Å². The Kier molecular flexibility index (Phi) is 6.77. The summed E-state index contributed by atoms with van der Waals surface area (Å²) in [6, 6.07) is 11.0. The first kappa shape index (κ1) is 22.2. The minimum absolute atomic E-state index is 0.00774. The molecule has 2 aromatic rings. The number of halogens is 2.